The van der Waals surface area contributed by atoms with Crippen LogP contribution in [0.15, 0.2) is 97.2 Å². The van der Waals surface area contributed by atoms with E-state index in [1.54, 1.807) is 0 Å². The molecule has 0 spiro atoms. The van der Waals surface area contributed by atoms with Crippen molar-refractivity contribution in [2.45, 2.75) is 380 Å². The SMILES string of the molecule is CCCCC/C=C\C/C=C\C/C=C\C/C=C\CCCC(=O)O[C@H](COC(=O)CCCCCCCCCCCCCCCCCCC)COP(=O)(O)OC[C@@H](O)COP(=O)(O)OC[C@@H](COC(=O)CCCCCCC/C=C\C/C=C\CCCCC)OC(=O)CCCCCCC/C=C\C/C=C\CCCCC. The molecule has 0 amide bonds. The summed E-state index contributed by atoms with van der Waals surface area (Å²) < 4.78 is 68.6. The first-order valence-electron chi connectivity index (χ1n) is 41.5. The molecule has 2 unspecified atom stereocenters. The molecular weight excluding hydrogens is 1350 g/mol. The highest BCUT2D eigenvalue weighted by Gasteiger charge is 2.30. The molecule has 0 aromatic carbocycles. The van der Waals surface area contributed by atoms with Crippen molar-refractivity contribution >= 4 is 39.5 Å². The highest BCUT2D eigenvalue weighted by Crippen LogP contribution is 2.45. The zero-order valence-corrected chi connectivity index (χ0v) is 67.7. The molecular formula is C85H150O17P2. The van der Waals surface area contributed by atoms with Crippen LogP contribution in [0.4, 0.5) is 0 Å². The minimum atomic E-state index is -4.99. The summed E-state index contributed by atoms with van der Waals surface area (Å²) in [6.07, 6.45) is 82.4. The van der Waals surface area contributed by atoms with Gasteiger partial charge in [0.2, 0.25) is 0 Å². The molecule has 0 rings (SSSR count). The summed E-state index contributed by atoms with van der Waals surface area (Å²) in [5.41, 5.74) is 0. The average molecular weight is 1510 g/mol. The van der Waals surface area contributed by atoms with Crippen molar-refractivity contribution in [3.05, 3.63) is 97.2 Å². The standard InChI is InChI=1S/C85H150O17P2/c1-5-9-13-17-21-25-29-33-37-39-43-46-50-54-58-62-66-70-83(88)96-76-81(102-85(90)72-68-64-60-56-52-48-44-40-38-34-30-26-22-18-14-10-6-2)78-100-104(93,94)98-74-79(86)73-97-103(91,92)99-77-80(101-84(89)71-67-63-59-55-51-47-42-36-32-28-24-20-16-12-8-4)75-95-82(87)69-65-61-57-53-49-45-41-35-31-27-23-19-15-11-7-3/h22-24,26-28,34-36,38,41-42,44,48,56,60,79-81,86H,5-21,25,29-33,37,39-40,43,45-47,49-55,57-59,61-78H2,1-4H3,(H,91,92)(H,93,94)/b26-22-,27-23-,28-24-,38-34-,41-35-,42-36-,48-44-,60-56-/t79-,80+,81+/m0/s1. The summed E-state index contributed by atoms with van der Waals surface area (Å²) >= 11 is 0. The van der Waals surface area contributed by atoms with Gasteiger partial charge in [0, 0.05) is 25.7 Å². The number of unbranched alkanes of at least 4 members (excludes halogenated alkanes) is 36. The van der Waals surface area contributed by atoms with Crippen LogP contribution in [0.1, 0.15) is 362 Å². The van der Waals surface area contributed by atoms with Crippen molar-refractivity contribution in [1.29, 1.82) is 0 Å². The van der Waals surface area contributed by atoms with Gasteiger partial charge in [-0.05, 0) is 128 Å². The highest BCUT2D eigenvalue weighted by molar-refractivity contribution is 7.47. The lowest BCUT2D eigenvalue weighted by Gasteiger charge is -2.21. The van der Waals surface area contributed by atoms with E-state index in [1.807, 2.05) is 12.2 Å². The van der Waals surface area contributed by atoms with Crippen LogP contribution in [0.2, 0.25) is 0 Å². The van der Waals surface area contributed by atoms with Crippen LogP contribution in [-0.4, -0.2) is 96.7 Å². The molecule has 0 aliphatic carbocycles. The average Bonchev–Trinajstić information content (AvgIpc) is 1.04. The molecule has 0 bridgehead atoms. The normalized spacial score (nSPS) is 14.3. The van der Waals surface area contributed by atoms with E-state index in [0.29, 0.717) is 32.1 Å². The molecule has 602 valence electrons. The number of hydrogen-bond donors (Lipinski definition) is 3. The molecule has 0 heterocycles. The van der Waals surface area contributed by atoms with Crippen LogP contribution in [0.3, 0.4) is 0 Å². The van der Waals surface area contributed by atoms with E-state index in [2.05, 4.69) is 113 Å². The summed E-state index contributed by atoms with van der Waals surface area (Å²) in [4.78, 5) is 73.1. The molecule has 3 N–H and O–H groups in total. The van der Waals surface area contributed by atoms with E-state index in [-0.39, 0.29) is 25.7 Å². The first kappa shape index (κ1) is 100.0. The Balaban J connectivity index is 5.41. The maximum atomic E-state index is 13.1. The maximum Gasteiger partial charge on any atom is 0.472 e. The van der Waals surface area contributed by atoms with Crippen molar-refractivity contribution in [3.63, 3.8) is 0 Å². The van der Waals surface area contributed by atoms with Gasteiger partial charge in [0.25, 0.3) is 0 Å². The summed E-state index contributed by atoms with van der Waals surface area (Å²) in [5.74, 6) is -2.25. The maximum absolute atomic E-state index is 13.1. The minimum Gasteiger partial charge on any atom is -0.462 e. The number of ether oxygens (including phenoxy) is 4. The number of esters is 4. The first-order valence-corrected chi connectivity index (χ1v) is 44.5. The van der Waals surface area contributed by atoms with Crippen molar-refractivity contribution in [2.24, 2.45) is 0 Å². The summed E-state index contributed by atoms with van der Waals surface area (Å²) in [7, 11) is -9.98. The highest BCUT2D eigenvalue weighted by atomic mass is 31.2. The summed E-state index contributed by atoms with van der Waals surface area (Å²) in [6.45, 7) is 4.76. The van der Waals surface area contributed by atoms with Gasteiger partial charge < -0.3 is 33.8 Å². The zero-order valence-electron chi connectivity index (χ0n) is 65.9. The molecule has 5 atom stereocenters. The number of carbonyl (C=O) groups excluding carboxylic acids is 4. The number of aliphatic hydroxyl groups excluding tert-OH is 1. The molecule has 0 saturated carbocycles. The third kappa shape index (κ3) is 76.2. The fourth-order valence-electron chi connectivity index (χ4n) is 11.2. The number of rotatable bonds is 78. The third-order valence-electron chi connectivity index (χ3n) is 17.5. The van der Waals surface area contributed by atoms with E-state index in [4.69, 9.17) is 37.0 Å². The molecule has 0 saturated heterocycles. The van der Waals surface area contributed by atoms with E-state index < -0.39 is 97.5 Å². The lowest BCUT2D eigenvalue weighted by atomic mass is 10.0. The topological polar surface area (TPSA) is 237 Å². The van der Waals surface area contributed by atoms with Gasteiger partial charge in [0.15, 0.2) is 12.2 Å². The minimum absolute atomic E-state index is 0.0209. The Morgan fingerprint density at radius 3 is 0.779 bits per heavy atom. The van der Waals surface area contributed by atoms with E-state index in [9.17, 15) is 43.2 Å². The predicted molar refractivity (Wildman–Crippen MR) is 427 cm³/mol. The Morgan fingerprint density at radius 2 is 0.481 bits per heavy atom. The molecule has 17 nitrogen and oxygen atoms in total. The van der Waals surface area contributed by atoms with Gasteiger partial charge in [-0.1, -0.05) is 305 Å². The third-order valence-corrected chi connectivity index (χ3v) is 19.4. The number of allylic oxidation sites excluding steroid dienone is 16. The zero-order chi connectivity index (χ0) is 76.0. The van der Waals surface area contributed by atoms with Gasteiger partial charge in [-0.25, -0.2) is 9.13 Å². The number of carbonyl (C=O) groups is 4. The van der Waals surface area contributed by atoms with Crippen LogP contribution < -0.4 is 0 Å². The Kier molecular flexibility index (Phi) is 74.2. The molecule has 0 radical (unpaired) electrons. The molecule has 0 aromatic rings. The van der Waals surface area contributed by atoms with Crippen LogP contribution in [0.25, 0.3) is 0 Å². The molecule has 0 aromatic heterocycles. The predicted octanol–water partition coefficient (Wildman–Crippen LogP) is 24.3. The second kappa shape index (κ2) is 77.1. The molecule has 0 aliphatic rings. The van der Waals surface area contributed by atoms with Crippen LogP contribution in [-0.2, 0) is 65.4 Å². The second-order valence-electron chi connectivity index (χ2n) is 27.7. The van der Waals surface area contributed by atoms with Gasteiger partial charge in [0.1, 0.15) is 19.3 Å². The second-order valence-corrected chi connectivity index (χ2v) is 30.6. The smallest absolute Gasteiger partial charge is 0.462 e. The Morgan fingerprint density at radius 1 is 0.269 bits per heavy atom. The summed E-state index contributed by atoms with van der Waals surface area (Å²) in [5, 5.41) is 10.7. The van der Waals surface area contributed by atoms with Crippen LogP contribution in [0.5, 0.6) is 0 Å². The first-order chi connectivity index (χ1) is 50.7. The van der Waals surface area contributed by atoms with Gasteiger partial charge in [0.05, 0.1) is 26.4 Å². The van der Waals surface area contributed by atoms with Crippen molar-refractivity contribution in [1.82, 2.24) is 0 Å². The van der Waals surface area contributed by atoms with Crippen LogP contribution >= 0.6 is 15.6 Å². The molecule has 19 heteroatoms. The lowest BCUT2D eigenvalue weighted by molar-refractivity contribution is -0.161. The number of phosphoric acid groups is 2. The Hall–Kier alpha value is -4.02. The van der Waals surface area contributed by atoms with Crippen molar-refractivity contribution in [3.8, 4) is 0 Å². The van der Waals surface area contributed by atoms with E-state index >= 15 is 0 Å². The largest absolute Gasteiger partial charge is 0.472 e. The van der Waals surface area contributed by atoms with Crippen LogP contribution in [0, 0.1) is 0 Å². The van der Waals surface area contributed by atoms with Crippen molar-refractivity contribution < 1.29 is 80.2 Å². The molecule has 104 heavy (non-hydrogen) atoms. The fraction of sp³-hybridized carbons (Fsp3) is 0.765. The van der Waals surface area contributed by atoms with Crippen molar-refractivity contribution in [2.75, 3.05) is 39.6 Å². The van der Waals surface area contributed by atoms with Gasteiger partial charge in [-0.3, -0.25) is 37.3 Å². The van der Waals surface area contributed by atoms with Gasteiger partial charge in [-0.15, -0.1) is 0 Å². The quantitative estimate of drug-likeness (QED) is 0.0169. The van der Waals surface area contributed by atoms with E-state index in [0.717, 1.165) is 135 Å². The van der Waals surface area contributed by atoms with Gasteiger partial charge in [-0.2, -0.15) is 0 Å². The summed E-state index contributed by atoms with van der Waals surface area (Å²) in [6, 6.07) is 0. The van der Waals surface area contributed by atoms with Gasteiger partial charge >= 0.3 is 39.5 Å². The number of hydrogen-bond acceptors (Lipinski definition) is 15. The number of aliphatic hydroxyl groups is 1. The lowest BCUT2D eigenvalue weighted by Crippen LogP contribution is -2.30. The fourth-order valence-corrected chi connectivity index (χ4v) is 12.7. The Labute approximate surface area is 633 Å². The van der Waals surface area contributed by atoms with E-state index in [1.165, 1.54) is 141 Å². The monoisotopic (exact) mass is 1510 g/mol. The molecule has 0 fully saturated rings. The number of phosphoric ester groups is 2. The molecule has 0 aliphatic heterocycles. The Bertz CT molecular complexity index is 2350.